The minimum Gasteiger partial charge on any atom is -0.461 e. The van der Waals surface area contributed by atoms with Crippen LogP contribution in [0.2, 0.25) is 21.6 Å². The Hall–Kier alpha value is -3.96. The van der Waals surface area contributed by atoms with Crippen molar-refractivity contribution in [1.82, 2.24) is 29.7 Å². The maximum atomic E-state index is 13.6. The van der Waals surface area contributed by atoms with Crippen molar-refractivity contribution in [2.75, 3.05) is 18.5 Å². The van der Waals surface area contributed by atoms with Gasteiger partial charge in [-0.3, -0.25) is 9.78 Å². The minimum absolute atomic E-state index is 0.0992. The molecule has 0 aliphatic rings. The second-order valence-corrected chi connectivity index (χ2v) is 18.0. The number of ether oxygens (including phenoxy) is 2. The molecule has 4 aromatic rings. The smallest absolute Gasteiger partial charge is 0.269 e. The standard InChI is InChI=1S/C32H41ClN8O4Si/c1-19(2)46(20(3)4,21(5)6)44-16-23(8)43-17-27(31(42)40-28-15-35-22(7)13-36-28)45-32-25-14-39-41(30(25)37-18-38-32)29-24(12-34)10-9-11-26(29)33/h9-11,13-15,18-21,23,27H,16-17H2,1-8H3,(H,36,40,42)/t23?,27-/m0/s1. The SMILES string of the molecule is Cc1cnc(NC(=O)[C@H](COC(C)CO[Si](C(C)C)(C(C)C)C(C)C)Oc2ncnc3c2cnn3-c2c(Cl)cccc2C#N)cn1. The third-order valence-corrected chi connectivity index (χ3v) is 14.4. The highest BCUT2D eigenvalue weighted by Gasteiger charge is 2.45. The minimum atomic E-state index is -2.11. The van der Waals surface area contributed by atoms with Crippen LogP contribution in [0.5, 0.6) is 5.88 Å². The fraction of sp³-hybridized carbons (Fsp3) is 0.469. The molecule has 0 spiro atoms. The van der Waals surface area contributed by atoms with Gasteiger partial charge in [0.2, 0.25) is 12.0 Å². The highest BCUT2D eigenvalue weighted by Crippen LogP contribution is 2.42. The van der Waals surface area contributed by atoms with Crippen LogP contribution >= 0.6 is 11.6 Å². The largest absolute Gasteiger partial charge is 0.461 e. The Morgan fingerprint density at radius 2 is 1.72 bits per heavy atom. The van der Waals surface area contributed by atoms with Crippen molar-refractivity contribution in [2.45, 2.75) is 84.2 Å². The molecular weight excluding hydrogens is 624 g/mol. The molecule has 3 aromatic heterocycles. The van der Waals surface area contributed by atoms with E-state index in [2.05, 4.69) is 78.0 Å². The Morgan fingerprint density at radius 1 is 1.00 bits per heavy atom. The van der Waals surface area contributed by atoms with Gasteiger partial charge < -0.3 is 19.2 Å². The zero-order chi connectivity index (χ0) is 33.6. The number of para-hydroxylation sites is 1. The zero-order valence-corrected chi connectivity index (χ0v) is 29.2. The molecule has 0 aliphatic heterocycles. The van der Waals surface area contributed by atoms with Gasteiger partial charge in [-0.2, -0.15) is 10.4 Å². The van der Waals surface area contributed by atoms with Gasteiger partial charge in [0.15, 0.2) is 19.8 Å². The van der Waals surface area contributed by atoms with Crippen LogP contribution < -0.4 is 10.1 Å². The molecule has 0 saturated carbocycles. The van der Waals surface area contributed by atoms with Gasteiger partial charge in [0.25, 0.3) is 5.91 Å². The Kier molecular flexibility index (Phi) is 11.4. The first-order valence-electron chi connectivity index (χ1n) is 15.3. The van der Waals surface area contributed by atoms with Crippen molar-refractivity contribution in [2.24, 2.45) is 0 Å². The van der Waals surface area contributed by atoms with E-state index in [-0.39, 0.29) is 24.4 Å². The molecule has 4 rings (SSSR count). The van der Waals surface area contributed by atoms with Gasteiger partial charge in [0, 0.05) is 0 Å². The van der Waals surface area contributed by atoms with Crippen LogP contribution in [-0.2, 0) is 14.0 Å². The molecule has 0 radical (unpaired) electrons. The lowest BCUT2D eigenvalue weighted by Gasteiger charge is -2.42. The van der Waals surface area contributed by atoms with E-state index in [1.54, 1.807) is 31.3 Å². The molecule has 1 unspecified atom stereocenters. The second kappa shape index (κ2) is 15.1. The van der Waals surface area contributed by atoms with Crippen LogP contribution in [0.15, 0.2) is 43.1 Å². The molecule has 1 amide bonds. The van der Waals surface area contributed by atoms with E-state index in [4.69, 9.17) is 25.5 Å². The average molecular weight is 665 g/mol. The summed E-state index contributed by atoms with van der Waals surface area (Å²) in [6.45, 7) is 17.4. The Bertz CT molecular complexity index is 1670. The number of carbonyl (C=O) groups is 1. The van der Waals surface area contributed by atoms with E-state index < -0.39 is 20.3 Å². The van der Waals surface area contributed by atoms with E-state index >= 15 is 0 Å². The van der Waals surface area contributed by atoms with Gasteiger partial charge in [-0.05, 0) is 42.6 Å². The van der Waals surface area contributed by atoms with Gasteiger partial charge in [0.05, 0.1) is 54.2 Å². The molecule has 3 heterocycles. The molecule has 0 saturated heterocycles. The Morgan fingerprint density at radius 3 is 2.35 bits per heavy atom. The molecule has 46 heavy (non-hydrogen) atoms. The van der Waals surface area contributed by atoms with Gasteiger partial charge in [-0.1, -0.05) is 59.2 Å². The van der Waals surface area contributed by atoms with Crippen LogP contribution in [0.1, 0.15) is 59.7 Å². The van der Waals surface area contributed by atoms with E-state index in [1.165, 1.54) is 23.4 Å². The molecule has 244 valence electrons. The van der Waals surface area contributed by atoms with E-state index in [1.807, 2.05) is 6.92 Å². The summed E-state index contributed by atoms with van der Waals surface area (Å²) in [5.74, 6) is -0.126. The molecule has 1 N–H and O–H groups in total. The van der Waals surface area contributed by atoms with Crippen molar-refractivity contribution < 1.29 is 18.7 Å². The maximum absolute atomic E-state index is 13.6. The number of hydrogen-bond donors (Lipinski definition) is 1. The monoisotopic (exact) mass is 664 g/mol. The lowest BCUT2D eigenvalue weighted by Crippen LogP contribution is -2.49. The molecule has 2 atom stereocenters. The van der Waals surface area contributed by atoms with Crippen LogP contribution in [0.3, 0.4) is 0 Å². The lowest BCUT2D eigenvalue weighted by atomic mass is 10.2. The van der Waals surface area contributed by atoms with Crippen molar-refractivity contribution in [3.63, 3.8) is 0 Å². The van der Waals surface area contributed by atoms with Crippen molar-refractivity contribution in [1.29, 1.82) is 5.26 Å². The topological polar surface area (TPSA) is 150 Å². The van der Waals surface area contributed by atoms with Gasteiger partial charge in [-0.15, -0.1) is 0 Å². The van der Waals surface area contributed by atoms with Crippen molar-refractivity contribution >= 4 is 42.7 Å². The molecule has 1 aromatic carbocycles. The van der Waals surface area contributed by atoms with Gasteiger partial charge in [0.1, 0.15) is 23.5 Å². The summed E-state index contributed by atoms with van der Waals surface area (Å²) in [7, 11) is -2.11. The number of anilines is 1. The molecule has 0 fully saturated rings. The summed E-state index contributed by atoms with van der Waals surface area (Å²) in [5, 5.41) is 17.6. The number of aromatic nitrogens is 6. The van der Waals surface area contributed by atoms with E-state index in [0.29, 0.717) is 56.2 Å². The first-order valence-corrected chi connectivity index (χ1v) is 17.8. The third kappa shape index (κ3) is 7.53. The number of nitriles is 1. The molecule has 12 nitrogen and oxygen atoms in total. The summed E-state index contributed by atoms with van der Waals surface area (Å²) >= 11 is 6.45. The third-order valence-electron chi connectivity index (χ3n) is 8.03. The number of nitrogens with one attached hydrogen (secondary N) is 1. The summed E-state index contributed by atoms with van der Waals surface area (Å²) in [5.41, 5.74) is 3.02. The summed E-state index contributed by atoms with van der Waals surface area (Å²) in [6.07, 6.45) is 4.37. The number of hydrogen-bond acceptors (Lipinski definition) is 10. The molecule has 0 bridgehead atoms. The van der Waals surface area contributed by atoms with Crippen molar-refractivity contribution in [3.05, 3.63) is 59.4 Å². The van der Waals surface area contributed by atoms with E-state index in [9.17, 15) is 10.1 Å². The predicted octanol–water partition coefficient (Wildman–Crippen LogP) is 6.42. The number of aryl methyl sites for hydroxylation is 1. The van der Waals surface area contributed by atoms with Crippen LogP contribution in [0.4, 0.5) is 5.82 Å². The zero-order valence-electron chi connectivity index (χ0n) is 27.5. The Balaban J connectivity index is 1.60. The highest BCUT2D eigenvalue weighted by molar-refractivity contribution is 6.77. The number of halogens is 1. The molecular formula is C32H41ClN8O4Si. The number of nitrogens with zero attached hydrogens (tertiary/aromatic N) is 7. The lowest BCUT2D eigenvalue weighted by molar-refractivity contribution is -0.127. The van der Waals surface area contributed by atoms with E-state index in [0.717, 1.165) is 0 Å². The fourth-order valence-electron chi connectivity index (χ4n) is 5.92. The summed E-state index contributed by atoms with van der Waals surface area (Å²) in [4.78, 5) is 30.7. The number of carbonyl (C=O) groups excluding carboxylic acids is 1. The highest BCUT2D eigenvalue weighted by atomic mass is 35.5. The predicted molar refractivity (Wildman–Crippen MR) is 179 cm³/mol. The number of fused-ring (bicyclic) bond motifs is 1. The van der Waals surface area contributed by atoms with Gasteiger partial charge in [-0.25, -0.2) is 19.6 Å². The van der Waals surface area contributed by atoms with Crippen LogP contribution in [0, 0.1) is 18.3 Å². The fourth-order valence-corrected chi connectivity index (χ4v) is 11.7. The van der Waals surface area contributed by atoms with Crippen LogP contribution in [0.25, 0.3) is 16.7 Å². The van der Waals surface area contributed by atoms with Gasteiger partial charge >= 0.3 is 0 Å². The maximum Gasteiger partial charge on any atom is 0.269 e. The normalized spacial score (nSPS) is 13.3. The summed E-state index contributed by atoms with van der Waals surface area (Å²) in [6, 6.07) is 7.12. The second-order valence-electron chi connectivity index (χ2n) is 12.1. The molecule has 14 heteroatoms. The Labute approximate surface area is 275 Å². The first-order chi connectivity index (χ1) is 21.9. The number of benzene rings is 1. The molecule has 0 aliphatic carbocycles. The van der Waals surface area contributed by atoms with Crippen molar-refractivity contribution in [3.8, 4) is 17.6 Å². The summed E-state index contributed by atoms with van der Waals surface area (Å²) < 4.78 is 20.6. The first kappa shape index (κ1) is 34.9. The quantitative estimate of drug-likeness (QED) is 0.150. The number of amides is 1. The van der Waals surface area contributed by atoms with Crippen LogP contribution in [-0.4, -0.2) is 69.4 Å². The average Bonchev–Trinajstić information content (AvgIpc) is 3.44. The number of rotatable bonds is 14.